The van der Waals surface area contributed by atoms with Gasteiger partial charge in [0.05, 0.1) is 25.3 Å². The van der Waals surface area contributed by atoms with Crippen molar-refractivity contribution in [1.82, 2.24) is 5.43 Å². The van der Waals surface area contributed by atoms with Crippen LogP contribution in [0.2, 0.25) is 10.0 Å². The van der Waals surface area contributed by atoms with Gasteiger partial charge in [0.25, 0.3) is 0 Å². The molecule has 0 amide bonds. The molecule has 6 heteroatoms. The van der Waals surface area contributed by atoms with Gasteiger partial charge in [-0.25, -0.2) is 5.43 Å². The van der Waals surface area contributed by atoms with Crippen LogP contribution in [-0.4, -0.2) is 20.3 Å². The Morgan fingerprint density at radius 3 is 2.50 bits per heavy atom. The van der Waals surface area contributed by atoms with E-state index in [1.165, 1.54) is 0 Å². The van der Waals surface area contributed by atoms with Crippen molar-refractivity contribution in [3.63, 3.8) is 0 Å². The fraction of sp³-hybridized carbons (Fsp3) is 0.400. The number of hydrazine groups is 1. The van der Waals surface area contributed by atoms with Crippen molar-refractivity contribution in [3.8, 4) is 5.75 Å². The van der Waals surface area contributed by atoms with Crippen molar-refractivity contribution in [2.75, 3.05) is 20.3 Å². The predicted molar refractivity (Wildman–Crippen MR) is 62.8 cm³/mol. The first kappa shape index (κ1) is 12.0. The number of hydrogen-bond acceptors (Lipinski definition) is 4. The van der Waals surface area contributed by atoms with Crippen LogP contribution in [0.25, 0.3) is 0 Å². The fourth-order valence-electron chi connectivity index (χ4n) is 1.67. The standard InChI is InChI=1S/C10H12Cl2N2O2/c1-15-9-3-7(11)6(2-8(9)12)10(14-13)4-16-5-10/h2-3,14H,4-5,13H2,1H3. The lowest BCUT2D eigenvalue weighted by Crippen LogP contribution is -2.60. The van der Waals surface area contributed by atoms with Crippen molar-refractivity contribution >= 4 is 23.2 Å². The fourth-order valence-corrected chi connectivity index (χ4v) is 2.25. The minimum Gasteiger partial charge on any atom is -0.495 e. The van der Waals surface area contributed by atoms with Crippen molar-refractivity contribution in [3.05, 3.63) is 27.7 Å². The Hall–Kier alpha value is -0.520. The molecule has 1 aromatic rings. The zero-order chi connectivity index (χ0) is 11.8. The Kier molecular flexibility index (Phi) is 3.28. The Bertz CT molecular complexity index is 403. The molecular weight excluding hydrogens is 251 g/mol. The highest BCUT2D eigenvalue weighted by atomic mass is 35.5. The largest absolute Gasteiger partial charge is 0.495 e. The van der Waals surface area contributed by atoms with Crippen LogP contribution in [0.15, 0.2) is 12.1 Å². The van der Waals surface area contributed by atoms with Crippen molar-refractivity contribution < 1.29 is 9.47 Å². The van der Waals surface area contributed by atoms with E-state index >= 15 is 0 Å². The number of nitrogens with two attached hydrogens (primary N) is 1. The Labute approximate surface area is 104 Å². The molecule has 0 bridgehead atoms. The molecule has 0 unspecified atom stereocenters. The second-order valence-electron chi connectivity index (χ2n) is 3.69. The van der Waals surface area contributed by atoms with Gasteiger partial charge in [0.15, 0.2) is 0 Å². The summed E-state index contributed by atoms with van der Waals surface area (Å²) >= 11 is 12.2. The molecule has 2 rings (SSSR count). The smallest absolute Gasteiger partial charge is 0.138 e. The average molecular weight is 263 g/mol. The lowest BCUT2D eigenvalue weighted by molar-refractivity contribution is -0.0786. The monoisotopic (exact) mass is 262 g/mol. The first-order valence-electron chi connectivity index (χ1n) is 4.72. The van der Waals surface area contributed by atoms with E-state index in [1.54, 1.807) is 19.2 Å². The summed E-state index contributed by atoms with van der Waals surface area (Å²) in [6.07, 6.45) is 0. The normalized spacial score (nSPS) is 18.0. The number of methoxy groups -OCH3 is 1. The van der Waals surface area contributed by atoms with Crippen LogP contribution < -0.4 is 16.0 Å². The molecule has 16 heavy (non-hydrogen) atoms. The number of halogens is 2. The second-order valence-corrected chi connectivity index (χ2v) is 4.50. The Morgan fingerprint density at radius 2 is 2.06 bits per heavy atom. The van der Waals surface area contributed by atoms with Crippen molar-refractivity contribution in [2.45, 2.75) is 5.54 Å². The topological polar surface area (TPSA) is 56.5 Å². The summed E-state index contributed by atoms with van der Waals surface area (Å²) in [5.41, 5.74) is 3.12. The third-order valence-electron chi connectivity index (χ3n) is 2.73. The van der Waals surface area contributed by atoms with Gasteiger partial charge in [-0.2, -0.15) is 0 Å². The third kappa shape index (κ3) is 1.77. The van der Waals surface area contributed by atoms with E-state index < -0.39 is 5.54 Å². The molecule has 4 nitrogen and oxygen atoms in total. The highest BCUT2D eigenvalue weighted by Gasteiger charge is 2.41. The highest BCUT2D eigenvalue weighted by molar-refractivity contribution is 6.34. The van der Waals surface area contributed by atoms with E-state index in [4.69, 9.17) is 38.5 Å². The number of benzene rings is 1. The molecule has 1 saturated heterocycles. The summed E-state index contributed by atoms with van der Waals surface area (Å²) in [6.45, 7) is 0.956. The molecule has 1 aromatic carbocycles. The SMILES string of the molecule is COc1cc(Cl)c(C2(NN)COC2)cc1Cl. The zero-order valence-corrected chi connectivity index (χ0v) is 10.2. The summed E-state index contributed by atoms with van der Waals surface area (Å²) in [6, 6.07) is 3.43. The van der Waals surface area contributed by atoms with E-state index in [9.17, 15) is 0 Å². The molecule has 1 aliphatic heterocycles. The quantitative estimate of drug-likeness (QED) is 0.643. The molecule has 1 heterocycles. The van der Waals surface area contributed by atoms with Crippen molar-refractivity contribution in [1.29, 1.82) is 0 Å². The molecule has 1 aliphatic rings. The molecule has 0 aromatic heterocycles. The summed E-state index contributed by atoms with van der Waals surface area (Å²) in [7, 11) is 1.54. The molecule has 3 N–H and O–H groups in total. The Morgan fingerprint density at radius 1 is 1.38 bits per heavy atom. The Balaban J connectivity index is 2.45. The van der Waals surface area contributed by atoms with Gasteiger partial charge in [0.2, 0.25) is 0 Å². The van der Waals surface area contributed by atoms with Crippen LogP contribution in [0.3, 0.4) is 0 Å². The summed E-state index contributed by atoms with van der Waals surface area (Å²) in [4.78, 5) is 0. The zero-order valence-electron chi connectivity index (χ0n) is 8.72. The van der Waals surface area contributed by atoms with E-state index in [-0.39, 0.29) is 0 Å². The minimum atomic E-state index is -0.438. The van der Waals surface area contributed by atoms with Gasteiger partial charge < -0.3 is 9.47 Å². The van der Waals surface area contributed by atoms with E-state index in [0.717, 1.165) is 5.56 Å². The number of ether oxygens (including phenoxy) is 2. The van der Waals surface area contributed by atoms with Crippen LogP contribution in [0.5, 0.6) is 5.75 Å². The molecular formula is C10H12Cl2N2O2. The number of rotatable bonds is 3. The van der Waals surface area contributed by atoms with Gasteiger partial charge in [0, 0.05) is 11.1 Å². The molecule has 1 fully saturated rings. The van der Waals surface area contributed by atoms with Crippen LogP contribution >= 0.6 is 23.2 Å². The van der Waals surface area contributed by atoms with Gasteiger partial charge in [-0.3, -0.25) is 5.84 Å². The molecule has 0 spiro atoms. The van der Waals surface area contributed by atoms with Crippen LogP contribution in [0, 0.1) is 0 Å². The molecule has 0 radical (unpaired) electrons. The summed E-state index contributed by atoms with van der Waals surface area (Å²) in [5, 5.41) is 1.06. The van der Waals surface area contributed by atoms with E-state index in [0.29, 0.717) is 29.0 Å². The van der Waals surface area contributed by atoms with Gasteiger partial charge in [-0.05, 0) is 11.6 Å². The first-order valence-corrected chi connectivity index (χ1v) is 5.47. The predicted octanol–water partition coefficient (Wildman–Crippen LogP) is 1.69. The molecule has 88 valence electrons. The maximum atomic E-state index is 6.17. The second kappa shape index (κ2) is 4.39. The van der Waals surface area contributed by atoms with Crippen LogP contribution in [0.1, 0.15) is 5.56 Å². The van der Waals surface area contributed by atoms with Gasteiger partial charge in [-0.15, -0.1) is 0 Å². The maximum Gasteiger partial charge on any atom is 0.138 e. The lowest BCUT2D eigenvalue weighted by atomic mass is 9.88. The maximum absolute atomic E-state index is 6.17. The first-order chi connectivity index (χ1) is 7.63. The minimum absolute atomic E-state index is 0.438. The average Bonchev–Trinajstić information content (AvgIpc) is 2.22. The summed E-state index contributed by atoms with van der Waals surface area (Å²) in [5.74, 6) is 6.07. The summed E-state index contributed by atoms with van der Waals surface area (Å²) < 4.78 is 10.2. The third-order valence-corrected chi connectivity index (χ3v) is 3.34. The molecule has 0 saturated carbocycles. The molecule has 0 aliphatic carbocycles. The van der Waals surface area contributed by atoms with Gasteiger partial charge in [-0.1, -0.05) is 23.2 Å². The van der Waals surface area contributed by atoms with E-state index in [2.05, 4.69) is 5.43 Å². The van der Waals surface area contributed by atoms with Crippen LogP contribution in [-0.2, 0) is 10.3 Å². The highest BCUT2D eigenvalue weighted by Crippen LogP contribution is 2.39. The van der Waals surface area contributed by atoms with Crippen molar-refractivity contribution in [2.24, 2.45) is 5.84 Å². The van der Waals surface area contributed by atoms with Gasteiger partial charge >= 0.3 is 0 Å². The van der Waals surface area contributed by atoms with E-state index in [1.807, 2.05) is 0 Å². The molecule has 0 atom stereocenters. The number of nitrogens with one attached hydrogen (secondary N) is 1. The lowest BCUT2D eigenvalue weighted by Gasteiger charge is -2.41. The van der Waals surface area contributed by atoms with Crippen LogP contribution in [0.4, 0.5) is 0 Å². The van der Waals surface area contributed by atoms with Gasteiger partial charge in [0.1, 0.15) is 11.3 Å². The number of hydrogen-bond donors (Lipinski definition) is 2.